The molecule has 0 aromatic heterocycles. The molecule has 5 nitrogen and oxygen atoms in total. The van der Waals surface area contributed by atoms with Gasteiger partial charge >= 0.3 is 6.03 Å². The summed E-state index contributed by atoms with van der Waals surface area (Å²) in [6.45, 7) is 5.60. The summed E-state index contributed by atoms with van der Waals surface area (Å²) in [4.78, 5) is 24.9. The third kappa shape index (κ3) is 3.73. The van der Waals surface area contributed by atoms with E-state index in [1.165, 1.54) is 0 Å². The van der Waals surface area contributed by atoms with Crippen LogP contribution in [0.3, 0.4) is 0 Å². The van der Waals surface area contributed by atoms with Gasteiger partial charge < -0.3 is 16.0 Å². The van der Waals surface area contributed by atoms with Crippen LogP contribution in [0, 0.1) is 13.8 Å². The second-order valence-electron chi connectivity index (χ2n) is 6.39. The third-order valence-electron chi connectivity index (χ3n) is 4.37. The summed E-state index contributed by atoms with van der Waals surface area (Å²) in [5.41, 5.74) is 4.49. The summed E-state index contributed by atoms with van der Waals surface area (Å²) in [5.74, 6) is -0.286. The third-order valence-corrected chi connectivity index (χ3v) is 4.61. The molecule has 0 unspecified atom stereocenters. The van der Waals surface area contributed by atoms with Gasteiger partial charge in [0.25, 0.3) is 5.91 Å². The first kappa shape index (κ1) is 18.0. The predicted octanol–water partition coefficient (Wildman–Crippen LogP) is 4.22. The van der Waals surface area contributed by atoms with Gasteiger partial charge in [-0.3, -0.25) is 4.79 Å². The zero-order valence-corrected chi connectivity index (χ0v) is 15.6. The summed E-state index contributed by atoms with van der Waals surface area (Å²) in [6.07, 6.45) is 0. The van der Waals surface area contributed by atoms with Crippen LogP contribution in [0.25, 0.3) is 0 Å². The summed E-state index contributed by atoms with van der Waals surface area (Å²) in [6, 6.07) is 12.2. The van der Waals surface area contributed by atoms with Crippen LogP contribution < -0.4 is 16.0 Å². The number of hydrogen-bond donors (Lipinski definition) is 3. The number of anilines is 1. The highest BCUT2D eigenvalue weighted by Gasteiger charge is 2.31. The monoisotopic (exact) mass is 369 g/mol. The first-order valence-electron chi connectivity index (χ1n) is 8.27. The quantitative estimate of drug-likeness (QED) is 0.757. The molecule has 1 aliphatic heterocycles. The SMILES string of the molecule is CC1=C(C(=O)Nc2cc(Cl)ccc2C)[C@H](c2ccc(C)cc2)NC(=O)N1. The lowest BCUT2D eigenvalue weighted by atomic mass is 9.94. The molecule has 0 fully saturated rings. The molecule has 2 aromatic carbocycles. The van der Waals surface area contributed by atoms with Crippen LogP contribution in [0.5, 0.6) is 0 Å². The Labute approximate surface area is 157 Å². The molecule has 0 saturated heterocycles. The van der Waals surface area contributed by atoms with E-state index in [0.29, 0.717) is 22.0 Å². The molecule has 0 bridgehead atoms. The van der Waals surface area contributed by atoms with Gasteiger partial charge in [0.15, 0.2) is 0 Å². The van der Waals surface area contributed by atoms with Gasteiger partial charge in [-0.2, -0.15) is 0 Å². The molecule has 3 amide bonds. The molecule has 1 atom stereocenters. The van der Waals surface area contributed by atoms with Gasteiger partial charge in [0.05, 0.1) is 11.6 Å². The van der Waals surface area contributed by atoms with Crippen LogP contribution in [0.2, 0.25) is 5.02 Å². The molecule has 3 N–H and O–H groups in total. The number of urea groups is 1. The smallest absolute Gasteiger partial charge is 0.319 e. The first-order valence-corrected chi connectivity index (χ1v) is 8.65. The second-order valence-corrected chi connectivity index (χ2v) is 6.83. The maximum atomic E-state index is 13.0. The second kappa shape index (κ2) is 7.22. The highest BCUT2D eigenvalue weighted by molar-refractivity contribution is 6.31. The highest BCUT2D eigenvalue weighted by atomic mass is 35.5. The molecule has 0 saturated carbocycles. The van der Waals surface area contributed by atoms with Gasteiger partial charge in [-0.05, 0) is 44.0 Å². The number of amides is 3. The van der Waals surface area contributed by atoms with Crippen molar-refractivity contribution in [2.75, 3.05) is 5.32 Å². The number of benzene rings is 2. The number of carbonyl (C=O) groups excluding carboxylic acids is 2. The summed E-state index contributed by atoms with van der Waals surface area (Å²) in [7, 11) is 0. The van der Waals surface area contributed by atoms with Gasteiger partial charge in [0.1, 0.15) is 0 Å². The lowest BCUT2D eigenvalue weighted by molar-refractivity contribution is -0.113. The molecule has 0 spiro atoms. The molecular weight excluding hydrogens is 350 g/mol. The fourth-order valence-electron chi connectivity index (χ4n) is 2.92. The predicted molar refractivity (Wildman–Crippen MR) is 103 cm³/mol. The Morgan fingerprint density at radius 1 is 1.08 bits per heavy atom. The maximum absolute atomic E-state index is 13.0. The van der Waals surface area contributed by atoms with Gasteiger partial charge in [0, 0.05) is 16.4 Å². The van der Waals surface area contributed by atoms with Gasteiger partial charge in [-0.25, -0.2) is 4.79 Å². The van der Waals surface area contributed by atoms with Crippen molar-refractivity contribution in [3.63, 3.8) is 0 Å². The van der Waals surface area contributed by atoms with Crippen molar-refractivity contribution in [2.24, 2.45) is 0 Å². The molecule has 2 aromatic rings. The van der Waals surface area contributed by atoms with E-state index in [1.54, 1.807) is 19.1 Å². The van der Waals surface area contributed by atoms with E-state index in [1.807, 2.05) is 44.2 Å². The van der Waals surface area contributed by atoms with E-state index in [9.17, 15) is 9.59 Å². The number of hydrogen-bond acceptors (Lipinski definition) is 2. The molecule has 0 radical (unpaired) electrons. The van der Waals surface area contributed by atoms with Crippen molar-refractivity contribution in [1.82, 2.24) is 10.6 Å². The molecule has 6 heteroatoms. The lowest BCUT2D eigenvalue weighted by Gasteiger charge is -2.29. The number of aryl methyl sites for hydroxylation is 2. The van der Waals surface area contributed by atoms with Crippen LogP contribution in [-0.2, 0) is 4.79 Å². The van der Waals surface area contributed by atoms with Crippen molar-refractivity contribution >= 4 is 29.2 Å². The standard InChI is InChI=1S/C20H20ClN3O2/c1-11-4-7-14(8-5-11)18-17(13(3)22-20(26)24-18)19(25)23-16-10-15(21)9-6-12(16)2/h4-10,18H,1-3H3,(H,23,25)(H2,22,24,26)/t18-/m0/s1. The van der Waals surface area contributed by atoms with Crippen molar-refractivity contribution in [3.05, 3.63) is 75.4 Å². The first-order chi connectivity index (χ1) is 12.3. The van der Waals surface area contributed by atoms with Crippen LogP contribution in [0.1, 0.15) is 29.7 Å². The number of allylic oxidation sites excluding steroid dienone is 1. The van der Waals surface area contributed by atoms with Crippen molar-refractivity contribution < 1.29 is 9.59 Å². The Morgan fingerprint density at radius 3 is 2.46 bits per heavy atom. The summed E-state index contributed by atoms with van der Waals surface area (Å²) < 4.78 is 0. The number of nitrogens with one attached hydrogen (secondary N) is 3. The van der Waals surface area contributed by atoms with Crippen LogP contribution >= 0.6 is 11.6 Å². The minimum Gasteiger partial charge on any atom is -0.327 e. The van der Waals surface area contributed by atoms with E-state index < -0.39 is 6.04 Å². The maximum Gasteiger partial charge on any atom is 0.319 e. The molecule has 1 heterocycles. The van der Waals surface area contributed by atoms with Gasteiger partial charge in [-0.15, -0.1) is 0 Å². The minimum absolute atomic E-state index is 0.286. The van der Waals surface area contributed by atoms with Crippen LogP contribution in [0.4, 0.5) is 10.5 Å². The Kier molecular flexibility index (Phi) is 5.00. The van der Waals surface area contributed by atoms with Gasteiger partial charge in [-0.1, -0.05) is 47.5 Å². The van der Waals surface area contributed by atoms with Crippen molar-refractivity contribution in [3.8, 4) is 0 Å². The fourth-order valence-corrected chi connectivity index (χ4v) is 3.09. The molecular formula is C20H20ClN3O2. The highest BCUT2D eigenvalue weighted by Crippen LogP contribution is 2.29. The molecule has 0 aliphatic carbocycles. The van der Waals surface area contributed by atoms with E-state index in [-0.39, 0.29) is 11.9 Å². The number of rotatable bonds is 3. The van der Waals surface area contributed by atoms with E-state index in [4.69, 9.17) is 11.6 Å². The molecule has 1 aliphatic rings. The average molecular weight is 370 g/mol. The zero-order valence-electron chi connectivity index (χ0n) is 14.8. The Balaban J connectivity index is 1.96. The average Bonchev–Trinajstić information content (AvgIpc) is 2.58. The van der Waals surface area contributed by atoms with Gasteiger partial charge in [0.2, 0.25) is 0 Å². The van der Waals surface area contributed by atoms with Crippen molar-refractivity contribution in [1.29, 1.82) is 0 Å². The van der Waals surface area contributed by atoms with Crippen LogP contribution in [-0.4, -0.2) is 11.9 Å². The summed E-state index contributed by atoms with van der Waals surface area (Å²) >= 11 is 6.04. The topological polar surface area (TPSA) is 70.2 Å². The normalized spacial score (nSPS) is 16.8. The van der Waals surface area contributed by atoms with E-state index in [0.717, 1.165) is 16.7 Å². The minimum atomic E-state index is -0.524. The van der Waals surface area contributed by atoms with E-state index >= 15 is 0 Å². The summed E-state index contributed by atoms with van der Waals surface area (Å²) in [5, 5.41) is 8.95. The lowest BCUT2D eigenvalue weighted by Crippen LogP contribution is -2.46. The molecule has 134 valence electrons. The Hall–Kier alpha value is -2.79. The van der Waals surface area contributed by atoms with Crippen molar-refractivity contribution in [2.45, 2.75) is 26.8 Å². The number of carbonyl (C=O) groups is 2. The zero-order chi connectivity index (χ0) is 18.8. The van der Waals surface area contributed by atoms with E-state index in [2.05, 4.69) is 16.0 Å². The number of halogens is 1. The fraction of sp³-hybridized carbons (Fsp3) is 0.200. The molecule has 3 rings (SSSR count). The molecule has 26 heavy (non-hydrogen) atoms. The Bertz CT molecular complexity index is 904. The largest absolute Gasteiger partial charge is 0.327 e. The Morgan fingerprint density at radius 2 is 1.77 bits per heavy atom. The van der Waals surface area contributed by atoms with Crippen LogP contribution in [0.15, 0.2) is 53.7 Å².